The Morgan fingerprint density at radius 1 is 1.17 bits per heavy atom. The van der Waals surface area contributed by atoms with E-state index in [4.69, 9.17) is 26.8 Å². The fourth-order valence-corrected chi connectivity index (χ4v) is 3.53. The monoisotopic (exact) mass is 490 g/mol. The first kappa shape index (κ1) is 24.1. The summed E-state index contributed by atoms with van der Waals surface area (Å²) in [7, 11) is 0. The molecular weight excluding hydrogens is 464 g/mol. The van der Waals surface area contributed by atoms with Crippen LogP contribution in [0, 0.1) is 6.92 Å². The van der Waals surface area contributed by atoms with Crippen LogP contribution >= 0.6 is 11.6 Å². The SMILES string of the molecule is C=C/C(Cl)=C\C(=C/N)Oc1ccc(Nc2ncnc3ccc(NC4=NC(C)(C)CO4)cc23)cc1C. The van der Waals surface area contributed by atoms with Gasteiger partial charge in [0.2, 0.25) is 0 Å². The van der Waals surface area contributed by atoms with Crippen LogP contribution in [-0.4, -0.2) is 28.1 Å². The maximum Gasteiger partial charge on any atom is 0.289 e. The first-order valence-corrected chi connectivity index (χ1v) is 11.4. The van der Waals surface area contributed by atoms with Crippen molar-refractivity contribution in [2.45, 2.75) is 26.3 Å². The van der Waals surface area contributed by atoms with Crippen LogP contribution in [0.4, 0.5) is 17.2 Å². The number of allylic oxidation sites excluding steroid dienone is 3. The molecule has 0 fully saturated rings. The molecule has 0 saturated heterocycles. The van der Waals surface area contributed by atoms with E-state index in [0.717, 1.165) is 27.8 Å². The highest BCUT2D eigenvalue weighted by Crippen LogP contribution is 2.30. The molecule has 0 radical (unpaired) electrons. The molecule has 1 aliphatic heterocycles. The van der Waals surface area contributed by atoms with Gasteiger partial charge in [-0.2, -0.15) is 0 Å². The topological polar surface area (TPSA) is 107 Å². The van der Waals surface area contributed by atoms with Crippen molar-refractivity contribution in [2.75, 3.05) is 17.2 Å². The number of rotatable bonds is 7. The van der Waals surface area contributed by atoms with Gasteiger partial charge in [0.05, 0.1) is 11.1 Å². The zero-order valence-corrected chi connectivity index (χ0v) is 20.6. The molecule has 0 aliphatic carbocycles. The van der Waals surface area contributed by atoms with Crippen LogP contribution in [-0.2, 0) is 4.74 Å². The van der Waals surface area contributed by atoms with Gasteiger partial charge in [-0.05, 0) is 62.7 Å². The van der Waals surface area contributed by atoms with Crippen molar-refractivity contribution in [3.05, 3.63) is 84.0 Å². The summed E-state index contributed by atoms with van der Waals surface area (Å²) in [5.41, 5.74) is 8.81. The third kappa shape index (κ3) is 5.91. The lowest BCUT2D eigenvalue weighted by atomic mass is 10.1. The number of aromatic nitrogens is 2. The standard InChI is InChI=1S/C26H27ClN6O2/c1-5-17(27)11-20(13-28)35-23-9-7-18(10-16(23)2)31-24-21-12-19(6-8-22(21)29-15-30-24)32-25-33-26(3,4)14-34-25/h5-13,15H,1,14,28H2,2-4H3,(H,32,33)(H,29,30,31)/b17-11+,20-13+. The second-order valence-corrected chi connectivity index (χ2v) is 9.04. The number of aliphatic imine (C=N–C) groups is 1. The Morgan fingerprint density at radius 2 is 1.94 bits per heavy atom. The van der Waals surface area contributed by atoms with Crippen molar-refractivity contribution < 1.29 is 9.47 Å². The zero-order valence-electron chi connectivity index (χ0n) is 19.8. The molecule has 0 spiro atoms. The average molecular weight is 491 g/mol. The number of nitrogens with one attached hydrogen (secondary N) is 2. The number of hydrogen-bond acceptors (Lipinski definition) is 8. The summed E-state index contributed by atoms with van der Waals surface area (Å²) in [6.45, 7) is 10.2. The molecule has 0 saturated carbocycles. The van der Waals surface area contributed by atoms with Crippen molar-refractivity contribution >= 4 is 45.7 Å². The van der Waals surface area contributed by atoms with Gasteiger partial charge in [-0.3, -0.25) is 0 Å². The third-order valence-electron chi connectivity index (χ3n) is 5.16. The van der Waals surface area contributed by atoms with Crippen molar-refractivity contribution in [1.82, 2.24) is 9.97 Å². The minimum atomic E-state index is -0.238. The van der Waals surface area contributed by atoms with Crippen molar-refractivity contribution in [2.24, 2.45) is 10.7 Å². The van der Waals surface area contributed by atoms with E-state index in [2.05, 4.69) is 32.2 Å². The van der Waals surface area contributed by atoms with Crippen LogP contribution in [0.1, 0.15) is 19.4 Å². The smallest absolute Gasteiger partial charge is 0.289 e. The van der Waals surface area contributed by atoms with E-state index in [1.165, 1.54) is 18.6 Å². The number of benzene rings is 2. The summed E-state index contributed by atoms with van der Waals surface area (Å²) in [6.07, 6.45) is 5.99. The van der Waals surface area contributed by atoms with E-state index in [-0.39, 0.29) is 5.54 Å². The lowest BCUT2D eigenvalue weighted by Crippen LogP contribution is -2.17. The summed E-state index contributed by atoms with van der Waals surface area (Å²) in [4.78, 5) is 13.4. The predicted octanol–water partition coefficient (Wildman–Crippen LogP) is 5.75. The Balaban J connectivity index is 1.56. The summed E-state index contributed by atoms with van der Waals surface area (Å²) in [5.74, 6) is 1.74. The van der Waals surface area contributed by atoms with E-state index in [1.807, 2.05) is 57.2 Å². The summed E-state index contributed by atoms with van der Waals surface area (Å²) >= 11 is 6.01. The van der Waals surface area contributed by atoms with Gasteiger partial charge < -0.3 is 25.8 Å². The fraction of sp³-hybridized carbons (Fsp3) is 0.192. The van der Waals surface area contributed by atoms with Crippen molar-refractivity contribution in [3.63, 3.8) is 0 Å². The molecule has 35 heavy (non-hydrogen) atoms. The Morgan fingerprint density at radius 3 is 2.63 bits per heavy atom. The number of nitrogens with zero attached hydrogens (tertiary/aromatic N) is 3. The fourth-order valence-electron chi connectivity index (χ4n) is 3.42. The summed E-state index contributed by atoms with van der Waals surface area (Å²) < 4.78 is 11.5. The third-order valence-corrected chi connectivity index (χ3v) is 5.42. The number of ether oxygens (including phenoxy) is 2. The van der Waals surface area contributed by atoms with Crippen molar-refractivity contribution in [1.29, 1.82) is 0 Å². The molecule has 0 amide bonds. The molecule has 4 N–H and O–H groups in total. The number of halogens is 1. The molecule has 0 unspecified atom stereocenters. The van der Waals surface area contributed by atoms with Crippen molar-refractivity contribution in [3.8, 4) is 5.75 Å². The maximum atomic E-state index is 6.01. The molecular formula is C26H27ClN6O2. The first-order chi connectivity index (χ1) is 16.8. The van der Waals surface area contributed by atoms with Crippen LogP contribution in [0.5, 0.6) is 5.75 Å². The average Bonchev–Trinajstić information content (AvgIpc) is 3.18. The van der Waals surface area contributed by atoms with Crippen LogP contribution < -0.4 is 21.1 Å². The Bertz CT molecular complexity index is 1360. The highest BCUT2D eigenvalue weighted by molar-refractivity contribution is 6.31. The van der Waals surface area contributed by atoms with E-state index in [0.29, 0.717) is 35.0 Å². The lowest BCUT2D eigenvalue weighted by Gasteiger charge is -2.13. The van der Waals surface area contributed by atoms with E-state index in [1.54, 1.807) is 6.08 Å². The largest absolute Gasteiger partial charge is 0.462 e. The van der Waals surface area contributed by atoms with Gasteiger partial charge in [0.1, 0.15) is 30.3 Å². The van der Waals surface area contributed by atoms with Gasteiger partial charge in [-0.1, -0.05) is 24.3 Å². The molecule has 3 aromatic rings. The predicted molar refractivity (Wildman–Crippen MR) is 142 cm³/mol. The number of anilines is 3. The van der Waals surface area contributed by atoms with Crippen LogP contribution in [0.25, 0.3) is 10.9 Å². The Hall–Kier alpha value is -4.04. The zero-order chi connectivity index (χ0) is 25.0. The summed E-state index contributed by atoms with van der Waals surface area (Å²) in [6, 6.07) is 12.0. The quantitative estimate of drug-likeness (QED) is 0.286. The molecule has 2 aromatic carbocycles. The lowest BCUT2D eigenvalue weighted by molar-refractivity contribution is 0.278. The molecule has 9 heteroatoms. The van der Waals surface area contributed by atoms with Gasteiger partial charge in [0.15, 0.2) is 0 Å². The van der Waals surface area contributed by atoms with Gasteiger partial charge >= 0.3 is 0 Å². The number of nitrogens with two attached hydrogens (primary N) is 1. The highest BCUT2D eigenvalue weighted by Gasteiger charge is 2.26. The molecule has 180 valence electrons. The maximum absolute atomic E-state index is 6.01. The van der Waals surface area contributed by atoms with E-state index in [9.17, 15) is 0 Å². The van der Waals surface area contributed by atoms with Crippen LogP contribution in [0.15, 0.2) is 83.4 Å². The van der Waals surface area contributed by atoms with Gasteiger partial charge in [0.25, 0.3) is 6.02 Å². The Labute approximate surface area is 209 Å². The Kier molecular flexibility index (Phi) is 6.93. The molecule has 8 nitrogen and oxygen atoms in total. The first-order valence-electron chi connectivity index (χ1n) is 11.0. The van der Waals surface area contributed by atoms with E-state index < -0.39 is 0 Å². The summed E-state index contributed by atoms with van der Waals surface area (Å²) in [5, 5.41) is 7.89. The number of fused-ring (bicyclic) bond motifs is 1. The van der Waals surface area contributed by atoms with Gasteiger partial charge in [-0.15, -0.1) is 0 Å². The molecule has 4 rings (SSSR count). The highest BCUT2D eigenvalue weighted by atomic mass is 35.5. The number of hydrogen-bond donors (Lipinski definition) is 3. The second kappa shape index (κ2) is 10.1. The van der Waals surface area contributed by atoms with Crippen LogP contribution in [0.3, 0.4) is 0 Å². The molecule has 0 bridgehead atoms. The minimum absolute atomic E-state index is 0.238. The van der Waals surface area contributed by atoms with Gasteiger partial charge in [0, 0.05) is 34.1 Å². The molecule has 1 aliphatic rings. The molecule has 2 heterocycles. The number of aryl methyl sites for hydroxylation is 1. The van der Waals surface area contributed by atoms with E-state index >= 15 is 0 Å². The minimum Gasteiger partial charge on any atom is -0.462 e. The van der Waals surface area contributed by atoms with Crippen LogP contribution in [0.2, 0.25) is 0 Å². The molecule has 1 aromatic heterocycles. The normalized spacial score (nSPS) is 15.4. The second-order valence-electron chi connectivity index (χ2n) is 8.61. The van der Waals surface area contributed by atoms with Gasteiger partial charge in [-0.25, -0.2) is 15.0 Å². The molecule has 0 atom stereocenters. The number of amidine groups is 1.